The number of aromatic amines is 1. The van der Waals surface area contributed by atoms with Gasteiger partial charge in [0.05, 0.1) is 5.92 Å². The smallest absolute Gasteiger partial charge is 0.309 e. The van der Waals surface area contributed by atoms with Gasteiger partial charge in [0.2, 0.25) is 5.91 Å². The molecule has 0 aliphatic rings. The Balaban J connectivity index is 1.49. The van der Waals surface area contributed by atoms with Gasteiger partial charge in [-0.05, 0) is 46.9 Å². The molecule has 4 aromatic rings. The monoisotopic (exact) mass is 471 g/mol. The number of para-hydroxylation sites is 1. The number of nitrogens with zero attached hydrogens (tertiary/aromatic N) is 3. The number of amides is 1. The fraction of sp³-hybridized carbons (Fsp3) is 0.192. The van der Waals surface area contributed by atoms with E-state index in [9.17, 15) is 14.7 Å². The number of benzene rings is 3. The van der Waals surface area contributed by atoms with Crippen LogP contribution in [0.1, 0.15) is 12.0 Å². The van der Waals surface area contributed by atoms with Gasteiger partial charge in [0.15, 0.2) is 0 Å². The molecule has 1 aromatic heterocycles. The highest BCUT2D eigenvalue weighted by molar-refractivity contribution is 5.91. The Kier molecular flexibility index (Phi) is 7.80. The Morgan fingerprint density at radius 3 is 2.17 bits per heavy atom. The van der Waals surface area contributed by atoms with Gasteiger partial charge in [0.25, 0.3) is 5.95 Å². The summed E-state index contributed by atoms with van der Waals surface area (Å²) in [4.78, 5) is 25.1. The molecule has 0 saturated carbocycles. The molecule has 0 spiro atoms. The number of H-pyrrole nitrogens is 1. The van der Waals surface area contributed by atoms with Gasteiger partial charge >= 0.3 is 5.97 Å². The number of carbonyl (C=O) groups is 2. The molecule has 0 bridgehead atoms. The summed E-state index contributed by atoms with van der Waals surface area (Å²) >= 11 is 0. The van der Waals surface area contributed by atoms with Crippen LogP contribution in [0.15, 0.2) is 84.9 Å². The minimum Gasteiger partial charge on any atom is -0.493 e. The number of anilines is 1. The normalized spacial score (nSPS) is 12.5. The highest BCUT2D eigenvalue weighted by Crippen LogP contribution is 2.24. The van der Waals surface area contributed by atoms with Gasteiger partial charge in [-0.15, -0.1) is 5.10 Å². The number of carboxylic acid groups (broad SMARTS) is 1. The van der Waals surface area contributed by atoms with E-state index in [1.165, 1.54) is 0 Å². The number of hydrogen-bond donors (Lipinski definition) is 3. The van der Waals surface area contributed by atoms with Crippen LogP contribution in [0.25, 0.3) is 11.1 Å². The lowest BCUT2D eigenvalue weighted by atomic mass is 9.88. The van der Waals surface area contributed by atoms with Crippen molar-refractivity contribution in [2.75, 3.05) is 11.9 Å². The first-order valence-corrected chi connectivity index (χ1v) is 11.2. The highest BCUT2D eigenvalue weighted by atomic mass is 16.5. The molecule has 9 nitrogen and oxygen atoms in total. The zero-order chi connectivity index (χ0) is 24.5. The maximum absolute atomic E-state index is 13.1. The average Bonchev–Trinajstić information content (AvgIpc) is 3.40. The van der Waals surface area contributed by atoms with Crippen molar-refractivity contribution in [3.63, 3.8) is 0 Å². The molecule has 0 fully saturated rings. The van der Waals surface area contributed by atoms with Crippen LogP contribution in [-0.2, 0) is 16.0 Å². The third kappa shape index (κ3) is 6.73. The summed E-state index contributed by atoms with van der Waals surface area (Å²) in [6.07, 6.45) is 0.417. The van der Waals surface area contributed by atoms with E-state index in [0.717, 1.165) is 16.7 Å². The number of aromatic nitrogens is 4. The van der Waals surface area contributed by atoms with Crippen LogP contribution >= 0.6 is 0 Å². The minimum absolute atomic E-state index is 0.0341. The Morgan fingerprint density at radius 2 is 1.54 bits per heavy atom. The van der Waals surface area contributed by atoms with Gasteiger partial charge in [-0.1, -0.05) is 77.9 Å². The Bertz CT molecular complexity index is 1220. The van der Waals surface area contributed by atoms with Crippen molar-refractivity contribution in [2.24, 2.45) is 11.8 Å². The van der Waals surface area contributed by atoms with Crippen LogP contribution in [0.4, 0.5) is 5.95 Å². The van der Waals surface area contributed by atoms with Crippen molar-refractivity contribution in [2.45, 2.75) is 12.8 Å². The van der Waals surface area contributed by atoms with E-state index in [4.69, 9.17) is 4.74 Å². The molecular weight excluding hydrogens is 446 g/mol. The van der Waals surface area contributed by atoms with Gasteiger partial charge in [0.1, 0.15) is 12.4 Å². The second kappa shape index (κ2) is 11.6. The summed E-state index contributed by atoms with van der Waals surface area (Å²) in [6, 6.07) is 26.8. The standard InChI is InChI=1S/C26H25N5O4/c32-24(27-26-28-30-31-29-26)21(16-22(25(33)34)17-35-23-9-5-2-6-10-23)15-18-11-13-20(14-12-18)19-7-3-1-4-8-19/h1-14,21-22H,15-17H2,(H,33,34)(H2,27,28,29,30,31,32)/t21-,22?/m1/s1. The quantitative estimate of drug-likeness (QED) is 0.303. The summed E-state index contributed by atoms with van der Waals surface area (Å²) in [6.45, 7) is -0.0573. The number of aliphatic carboxylic acids is 1. The molecule has 0 radical (unpaired) electrons. The molecule has 1 heterocycles. The highest BCUT2D eigenvalue weighted by Gasteiger charge is 2.29. The van der Waals surface area contributed by atoms with Crippen molar-refractivity contribution in [1.82, 2.24) is 20.6 Å². The summed E-state index contributed by atoms with van der Waals surface area (Å²) in [7, 11) is 0. The first-order chi connectivity index (χ1) is 17.1. The van der Waals surface area contributed by atoms with E-state index < -0.39 is 17.8 Å². The van der Waals surface area contributed by atoms with Crippen LogP contribution < -0.4 is 10.1 Å². The molecule has 1 unspecified atom stereocenters. The molecule has 2 atom stereocenters. The van der Waals surface area contributed by atoms with Crippen molar-refractivity contribution >= 4 is 17.8 Å². The fourth-order valence-electron chi connectivity index (χ4n) is 3.76. The first-order valence-electron chi connectivity index (χ1n) is 11.2. The lowest BCUT2D eigenvalue weighted by molar-refractivity contribution is -0.143. The fourth-order valence-corrected chi connectivity index (χ4v) is 3.76. The number of ether oxygens (including phenoxy) is 1. The van der Waals surface area contributed by atoms with Gasteiger partial charge in [0, 0.05) is 5.92 Å². The van der Waals surface area contributed by atoms with Crippen LogP contribution in [0, 0.1) is 11.8 Å². The number of rotatable bonds is 11. The van der Waals surface area contributed by atoms with E-state index in [-0.39, 0.29) is 24.9 Å². The van der Waals surface area contributed by atoms with Crippen LogP contribution in [0.5, 0.6) is 5.75 Å². The van der Waals surface area contributed by atoms with Crippen molar-refractivity contribution in [3.05, 3.63) is 90.5 Å². The molecule has 0 aliphatic heterocycles. The van der Waals surface area contributed by atoms with Gasteiger partial charge < -0.3 is 9.84 Å². The first kappa shape index (κ1) is 23.6. The van der Waals surface area contributed by atoms with Gasteiger partial charge in [-0.3, -0.25) is 14.9 Å². The zero-order valence-corrected chi connectivity index (χ0v) is 18.9. The molecule has 178 valence electrons. The van der Waals surface area contributed by atoms with Gasteiger partial charge in [-0.25, -0.2) is 0 Å². The minimum atomic E-state index is -1.03. The Morgan fingerprint density at radius 1 is 0.886 bits per heavy atom. The number of tetrazole rings is 1. The lowest BCUT2D eigenvalue weighted by Crippen LogP contribution is -2.32. The van der Waals surface area contributed by atoms with E-state index in [0.29, 0.717) is 12.2 Å². The number of carboxylic acids is 1. The topological polar surface area (TPSA) is 130 Å². The third-order valence-electron chi connectivity index (χ3n) is 5.61. The summed E-state index contributed by atoms with van der Waals surface area (Å²) in [5, 5.41) is 25.7. The molecule has 0 aliphatic carbocycles. The number of hydrogen-bond acceptors (Lipinski definition) is 6. The zero-order valence-electron chi connectivity index (χ0n) is 18.9. The molecule has 9 heteroatoms. The summed E-state index contributed by atoms with van der Waals surface area (Å²) in [5.74, 6) is -2.35. The van der Waals surface area contributed by atoms with E-state index in [1.54, 1.807) is 12.1 Å². The number of nitrogens with one attached hydrogen (secondary N) is 2. The van der Waals surface area contributed by atoms with Crippen molar-refractivity contribution in [3.8, 4) is 16.9 Å². The lowest BCUT2D eigenvalue weighted by Gasteiger charge is -2.21. The molecule has 3 N–H and O–H groups in total. The van der Waals surface area contributed by atoms with Crippen molar-refractivity contribution in [1.29, 1.82) is 0 Å². The van der Waals surface area contributed by atoms with Gasteiger partial charge in [-0.2, -0.15) is 5.21 Å². The van der Waals surface area contributed by atoms with E-state index in [1.807, 2.05) is 72.8 Å². The van der Waals surface area contributed by atoms with E-state index in [2.05, 4.69) is 25.9 Å². The molecule has 0 saturated heterocycles. The molecule has 35 heavy (non-hydrogen) atoms. The predicted octanol–water partition coefficient (Wildman–Crippen LogP) is 3.83. The molecular formula is C26H25N5O4. The summed E-state index contributed by atoms with van der Waals surface area (Å²) in [5.41, 5.74) is 3.06. The maximum Gasteiger partial charge on any atom is 0.309 e. The molecule has 1 amide bonds. The van der Waals surface area contributed by atoms with Crippen LogP contribution in [-0.4, -0.2) is 44.2 Å². The number of carbonyl (C=O) groups excluding carboxylic acids is 1. The SMILES string of the molecule is O=C(O)C(COc1ccccc1)C[C@@H](Cc1ccc(-c2ccccc2)cc1)C(=O)Nc1nn[nH]n1. The average molecular weight is 472 g/mol. The second-order valence-electron chi connectivity index (χ2n) is 8.08. The maximum atomic E-state index is 13.1. The van der Waals surface area contributed by atoms with Crippen LogP contribution in [0.2, 0.25) is 0 Å². The Labute approximate surface area is 202 Å². The van der Waals surface area contributed by atoms with Crippen LogP contribution in [0.3, 0.4) is 0 Å². The molecule has 4 rings (SSSR count). The largest absolute Gasteiger partial charge is 0.493 e. The van der Waals surface area contributed by atoms with Crippen molar-refractivity contribution < 1.29 is 19.4 Å². The van der Waals surface area contributed by atoms with E-state index >= 15 is 0 Å². The predicted molar refractivity (Wildman–Crippen MR) is 130 cm³/mol. The summed E-state index contributed by atoms with van der Waals surface area (Å²) < 4.78 is 5.68. The second-order valence-corrected chi connectivity index (χ2v) is 8.08. The third-order valence-corrected chi connectivity index (χ3v) is 5.61. The Hall–Kier alpha value is -4.53. The molecule has 3 aromatic carbocycles.